The number of methoxy groups -OCH3 is 2. The number of carbonyl (C=O) groups is 2. The molecular formula is C27H26BrClFNO5. The fraction of sp³-hybridized carbons (Fsp3) is 0.259. The van der Waals surface area contributed by atoms with Crippen molar-refractivity contribution in [3.05, 3.63) is 82.1 Å². The van der Waals surface area contributed by atoms with E-state index in [0.717, 1.165) is 28.3 Å². The van der Waals surface area contributed by atoms with Crippen LogP contribution in [0.15, 0.2) is 54.6 Å². The number of hydrogen-bond acceptors (Lipinski definition) is 5. The van der Waals surface area contributed by atoms with Crippen molar-refractivity contribution in [2.24, 2.45) is 0 Å². The van der Waals surface area contributed by atoms with Crippen LogP contribution in [0.25, 0.3) is 11.1 Å². The minimum absolute atomic E-state index is 0.0479. The lowest BCUT2D eigenvalue weighted by Crippen LogP contribution is -2.43. The fourth-order valence-corrected chi connectivity index (χ4v) is 4.32. The summed E-state index contributed by atoms with van der Waals surface area (Å²) in [5, 5.41) is 3.16. The lowest BCUT2D eigenvalue weighted by Gasteiger charge is -2.19. The first-order valence-corrected chi connectivity index (χ1v) is 12.6. The molecule has 0 heterocycles. The molecule has 0 radical (unpaired) electrons. The molecule has 0 spiro atoms. The largest absolute Gasteiger partial charge is 0.496 e. The Balaban J connectivity index is 1.88. The lowest BCUT2D eigenvalue weighted by atomic mass is 9.98. The van der Waals surface area contributed by atoms with Crippen LogP contribution in [0.2, 0.25) is 5.02 Å². The molecule has 1 N–H and O–H groups in total. The van der Waals surface area contributed by atoms with Gasteiger partial charge in [0.05, 0.1) is 37.0 Å². The van der Waals surface area contributed by atoms with Gasteiger partial charge in [0.1, 0.15) is 23.4 Å². The molecule has 0 aliphatic rings. The highest BCUT2D eigenvalue weighted by Gasteiger charge is 2.26. The van der Waals surface area contributed by atoms with E-state index in [1.807, 2.05) is 36.4 Å². The molecule has 0 aromatic heterocycles. The summed E-state index contributed by atoms with van der Waals surface area (Å²) in [6, 6.07) is 14.2. The Hall–Kier alpha value is -3.10. The van der Waals surface area contributed by atoms with Gasteiger partial charge in [0.25, 0.3) is 5.91 Å². The number of carbonyl (C=O) groups excluding carboxylic acids is 2. The first-order chi connectivity index (χ1) is 17.3. The minimum atomic E-state index is -1.04. The molecule has 0 aliphatic carbocycles. The SMILES string of the molecule is CCOC(=O)[C@H](Cc1ccc(-c2c(OC)cc(CBr)cc2OC)cc1)NC(=O)c1c(F)cccc1Cl. The summed E-state index contributed by atoms with van der Waals surface area (Å²) in [4.78, 5) is 25.4. The Kier molecular flexibility index (Phi) is 9.73. The monoisotopic (exact) mass is 577 g/mol. The van der Waals surface area contributed by atoms with Gasteiger partial charge in [-0.25, -0.2) is 9.18 Å². The Morgan fingerprint density at radius 2 is 1.67 bits per heavy atom. The second-order valence-corrected chi connectivity index (χ2v) is 8.75. The normalized spacial score (nSPS) is 11.5. The van der Waals surface area contributed by atoms with Crippen molar-refractivity contribution >= 4 is 39.4 Å². The van der Waals surface area contributed by atoms with E-state index in [9.17, 15) is 14.0 Å². The van der Waals surface area contributed by atoms with Crippen molar-refractivity contribution in [3.63, 3.8) is 0 Å². The van der Waals surface area contributed by atoms with Gasteiger partial charge in [-0.15, -0.1) is 0 Å². The zero-order chi connectivity index (χ0) is 26.2. The molecule has 3 aromatic carbocycles. The summed E-state index contributed by atoms with van der Waals surface area (Å²) in [6.07, 6.45) is 0.133. The number of benzene rings is 3. The molecule has 3 aromatic rings. The third-order valence-corrected chi connectivity index (χ3v) is 6.43. The predicted octanol–water partition coefficient (Wildman–Crippen LogP) is 5.96. The first-order valence-electron chi connectivity index (χ1n) is 11.1. The quantitative estimate of drug-likeness (QED) is 0.237. The number of rotatable bonds is 10. The Bertz CT molecular complexity index is 1190. The zero-order valence-electron chi connectivity index (χ0n) is 20.1. The van der Waals surface area contributed by atoms with Crippen LogP contribution in [0.3, 0.4) is 0 Å². The maximum atomic E-state index is 14.2. The van der Waals surface area contributed by atoms with E-state index in [1.165, 1.54) is 12.1 Å². The van der Waals surface area contributed by atoms with E-state index in [2.05, 4.69) is 21.2 Å². The standard InChI is InChI=1S/C27H26BrClFNO5/c1-4-36-27(33)21(31-26(32)25-19(29)6-5-7-20(25)30)12-16-8-10-18(11-9-16)24-22(34-2)13-17(15-28)14-23(24)35-3/h5-11,13-14,21H,4,12,15H2,1-3H3,(H,31,32)/t21-/m0/s1. The van der Waals surface area contributed by atoms with Gasteiger partial charge in [0, 0.05) is 11.8 Å². The van der Waals surface area contributed by atoms with Gasteiger partial charge >= 0.3 is 5.97 Å². The van der Waals surface area contributed by atoms with Crippen molar-refractivity contribution < 1.29 is 28.2 Å². The van der Waals surface area contributed by atoms with E-state index >= 15 is 0 Å². The summed E-state index contributed by atoms with van der Waals surface area (Å²) in [5.41, 5.74) is 3.08. The van der Waals surface area contributed by atoms with Crippen LogP contribution < -0.4 is 14.8 Å². The maximum absolute atomic E-state index is 14.2. The smallest absolute Gasteiger partial charge is 0.328 e. The summed E-state index contributed by atoms with van der Waals surface area (Å²) in [7, 11) is 3.19. The van der Waals surface area contributed by atoms with E-state index in [4.69, 9.17) is 25.8 Å². The fourth-order valence-electron chi connectivity index (χ4n) is 3.75. The molecule has 190 valence electrons. The summed E-state index contributed by atoms with van der Waals surface area (Å²) < 4.78 is 30.5. The van der Waals surface area contributed by atoms with Crippen molar-refractivity contribution in [1.82, 2.24) is 5.32 Å². The van der Waals surface area contributed by atoms with Crippen molar-refractivity contribution in [1.29, 1.82) is 0 Å². The number of ether oxygens (including phenoxy) is 3. The number of halogens is 3. The molecule has 1 atom stereocenters. The average molecular weight is 579 g/mol. The highest BCUT2D eigenvalue weighted by molar-refractivity contribution is 9.08. The van der Waals surface area contributed by atoms with Crippen LogP contribution >= 0.6 is 27.5 Å². The van der Waals surface area contributed by atoms with Gasteiger partial charge in [0.15, 0.2) is 0 Å². The molecular weight excluding hydrogens is 553 g/mol. The molecule has 0 unspecified atom stereocenters. The zero-order valence-corrected chi connectivity index (χ0v) is 22.4. The highest BCUT2D eigenvalue weighted by atomic mass is 79.9. The van der Waals surface area contributed by atoms with Crippen LogP contribution in [0.4, 0.5) is 4.39 Å². The molecule has 1 amide bonds. The molecule has 0 aliphatic heterocycles. The number of alkyl halides is 1. The molecule has 9 heteroatoms. The Morgan fingerprint density at radius 1 is 1.03 bits per heavy atom. The molecule has 6 nitrogen and oxygen atoms in total. The Labute approximate surface area is 222 Å². The molecule has 36 heavy (non-hydrogen) atoms. The minimum Gasteiger partial charge on any atom is -0.496 e. The molecule has 0 bridgehead atoms. The maximum Gasteiger partial charge on any atom is 0.328 e. The van der Waals surface area contributed by atoms with E-state index in [0.29, 0.717) is 16.8 Å². The Morgan fingerprint density at radius 3 is 2.19 bits per heavy atom. The molecule has 3 rings (SSSR count). The number of nitrogens with one attached hydrogen (secondary N) is 1. The number of amides is 1. The number of esters is 1. The lowest BCUT2D eigenvalue weighted by molar-refractivity contribution is -0.145. The van der Waals surface area contributed by atoms with Crippen LogP contribution in [0.5, 0.6) is 11.5 Å². The summed E-state index contributed by atoms with van der Waals surface area (Å²) in [5.74, 6) is -0.879. The van der Waals surface area contributed by atoms with Gasteiger partial charge in [0.2, 0.25) is 0 Å². The van der Waals surface area contributed by atoms with Crippen LogP contribution in [-0.2, 0) is 21.3 Å². The number of hydrogen-bond donors (Lipinski definition) is 1. The summed E-state index contributed by atoms with van der Waals surface area (Å²) in [6.45, 7) is 1.80. The van der Waals surface area contributed by atoms with Gasteiger partial charge in [-0.05, 0) is 47.9 Å². The molecule has 0 saturated heterocycles. The summed E-state index contributed by atoms with van der Waals surface area (Å²) >= 11 is 9.47. The highest BCUT2D eigenvalue weighted by Crippen LogP contribution is 2.40. The van der Waals surface area contributed by atoms with Crippen molar-refractivity contribution in [2.75, 3.05) is 20.8 Å². The van der Waals surface area contributed by atoms with Crippen LogP contribution in [-0.4, -0.2) is 38.7 Å². The third-order valence-electron chi connectivity index (χ3n) is 5.47. The van der Waals surface area contributed by atoms with Crippen molar-refractivity contribution in [2.45, 2.75) is 24.7 Å². The van der Waals surface area contributed by atoms with Crippen LogP contribution in [0.1, 0.15) is 28.4 Å². The second-order valence-electron chi connectivity index (χ2n) is 7.78. The van der Waals surface area contributed by atoms with Gasteiger partial charge in [-0.3, -0.25) is 4.79 Å². The average Bonchev–Trinajstić information content (AvgIpc) is 2.88. The molecule has 0 fully saturated rings. The predicted molar refractivity (Wildman–Crippen MR) is 141 cm³/mol. The first kappa shape index (κ1) is 27.5. The van der Waals surface area contributed by atoms with Crippen molar-refractivity contribution in [3.8, 4) is 22.6 Å². The third kappa shape index (κ3) is 6.36. The van der Waals surface area contributed by atoms with Gasteiger partial charge in [-0.2, -0.15) is 0 Å². The van der Waals surface area contributed by atoms with E-state index < -0.39 is 23.7 Å². The van der Waals surface area contributed by atoms with E-state index in [-0.39, 0.29) is 23.6 Å². The van der Waals surface area contributed by atoms with Gasteiger partial charge in [-0.1, -0.05) is 57.9 Å². The topological polar surface area (TPSA) is 73.9 Å². The van der Waals surface area contributed by atoms with Crippen LogP contribution in [0, 0.1) is 5.82 Å². The van der Waals surface area contributed by atoms with Gasteiger partial charge < -0.3 is 19.5 Å². The second kappa shape index (κ2) is 12.7. The van der Waals surface area contributed by atoms with E-state index in [1.54, 1.807) is 21.1 Å². The molecule has 0 saturated carbocycles.